The number of hydrogen-bond donors (Lipinski definition) is 1. The summed E-state index contributed by atoms with van der Waals surface area (Å²) < 4.78 is 0. The van der Waals surface area contributed by atoms with Crippen LogP contribution < -0.4 is 5.73 Å². The van der Waals surface area contributed by atoms with Crippen molar-refractivity contribution in [3.8, 4) is 0 Å². The average molecular weight is 258 g/mol. The van der Waals surface area contributed by atoms with Gasteiger partial charge < -0.3 is 5.73 Å². The maximum Gasteiger partial charge on any atom is 0.0412 e. The van der Waals surface area contributed by atoms with Crippen molar-refractivity contribution < 1.29 is 0 Å². The fourth-order valence-corrected chi connectivity index (χ4v) is 4.00. The quantitative estimate of drug-likeness (QED) is 0.903. The minimum absolute atomic E-state index is 0.206. The van der Waals surface area contributed by atoms with Gasteiger partial charge in [0.25, 0.3) is 0 Å². The molecule has 1 aromatic rings. The molecule has 0 saturated carbocycles. The molecule has 1 fully saturated rings. The third-order valence-electron chi connectivity index (χ3n) is 5.30. The summed E-state index contributed by atoms with van der Waals surface area (Å²) in [6, 6.07) is 8.90. The Morgan fingerprint density at radius 1 is 1.26 bits per heavy atom. The van der Waals surface area contributed by atoms with Crippen molar-refractivity contribution in [2.75, 3.05) is 19.6 Å². The standard InChI is InChI=1S/C17H26N2/c1-2-14-6-5-9-19(12-14)17(13-18)10-15-7-3-4-8-16(15)11-17/h3-4,7-8,14H,2,5-6,9-13,18H2,1H3. The van der Waals surface area contributed by atoms with Crippen molar-refractivity contribution in [2.45, 2.75) is 44.6 Å². The number of piperidine rings is 1. The lowest BCUT2D eigenvalue weighted by atomic mass is 9.87. The number of benzene rings is 1. The molecule has 0 amide bonds. The first-order valence-electron chi connectivity index (χ1n) is 7.79. The van der Waals surface area contributed by atoms with Crippen LogP contribution in [-0.2, 0) is 12.8 Å². The second-order valence-corrected chi connectivity index (χ2v) is 6.41. The van der Waals surface area contributed by atoms with E-state index in [4.69, 9.17) is 5.73 Å². The van der Waals surface area contributed by atoms with Gasteiger partial charge in [0.15, 0.2) is 0 Å². The van der Waals surface area contributed by atoms with E-state index in [1.54, 1.807) is 0 Å². The number of hydrogen-bond acceptors (Lipinski definition) is 2. The summed E-state index contributed by atoms with van der Waals surface area (Å²) in [5.41, 5.74) is 9.47. The molecule has 19 heavy (non-hydrogen) atoms. The zero-order valence-electron chi connectivity index (χ0n) is 12.1. The lowest BCUT2D eigenvalue weighted by Crippen LogP contribution is -2.57. The minimum Gasteiger partial charge on any atom is -0.329 e. The van der Waals surface area contributed by atoms with Crippen molar-refractivity contribution in [1.82, 2.24) is 4.90 Å². The Morgan fingerprint density at radius 2 is 1.95 bits per heavy atom. The smallest absolute Gasteiger partial charge is 0.0412 e. The highest BCUT2D eigenvalue weighted by atomic mass is 15.2. The summed E-state index contributed by atoms with van der Waals surface area (Å²) in [6.07, 6.45) is 6.35. The van der Waals surface area contributed by atoms with Crippen LogP contribution in [0.2, 0.25) is 0 Å². The average Bonchev–Trinajstić information content (AvgIpc) is 2.87. The number of likely N-dealkylation sites (tertiary alicyclic amines) is 1. The van der Waals surface area contributed by atoms with Gasteiger partial charge in [-0.3, -0.25) is 4.90 Å². The lowest BCUT2D eigenvalue weighted by molar-refractivity contribution is 0.0528. The highest BCUT2D eigenvalue weighted by Gasteiger charge is 2.42. The molecule has 0 aromatic heterocycles. The van der Waals surface area contributed by atoms with Gasteiger partial charge in [-0.1, -0.05) is 37.6 Å². The molecule has 1 unspecified atom stereocenters. The van der Waals surface area contributed by atoms with Gasteiger partial charge in [-0.2, -0.15) is 0 Å². The molecule has 104 valence electrons. The van der Waals surface area contributed by atoms with Gasteiger partial charge in [-0.15, -0.1) is 0 Å². The molecule has 1 heterocycles. The molecule has 3 rings (SSSR count). The summed E-state index contributed by atoms with van der Waals surface area (Å²) in [7, 11) is 0. The Morgan fingerprint density at radius 3 is 2.53 bits per heavy atom. The molecular weight excluding hydrogens is 232 g/mol. The Balaban J connectivity index is 1.82. The molecule has 2 nitrogen and oxygen atoms in total. The fraction of sp³-hybridized carbons (Fsp3) is 0.647. The predicted octanol–water partition coefficient (Wildman–Crippen LogP) is 2.60. The van der Waals surface area contributed by atoms with Crippen LogP contribution in [0.25, 0.3) is 0 Å². The molecule has 1 atom stereocenters. The summed E-state index contributed by atoms with van der Waals surface area (Å²) in [5.74, 6) is 0.876. The molecule has 2 heteroatoms. The van der Waals surface area contributed by atoms with Crippen LogP contribution in [0.1, 0.15) is 37.3 Å². The summed E-state index contributed by atoms with van der Waals surface area (Å²) in [4.78, 5) is 2.71. The number of nitrogens with zero attached hydrogens (tertiary/aromatic N) is 1. The van der Waals surface area contributed by atoms with E-state index in [9.17, 15) is 0 Å². The largest absolute Gasteiger partial charge is 0.329 e. The van der Waals surface area contributed by atoms with Crippen LogP contribution >= 0.6 is 0 Å². The van der Waals surface area contributed by atoms with E-state index >= 15 is 0 Å². The highest BCUT2D eigenvalue weighted by molar-refractivity contribution is 5.36. The maximum absolute atomic E-state index is 6.22. The van der Waals surface area contributed by atoms with E-state index in [0.717, 1.165) is 25.3 Å². The molecule has 2 N–H and O–H groups in total. The van der Waals surface area contributed by atoms with E-state index in [2.05, 4.69) is 36.1 Å². The minimum atomic E-state index is 0.206. The topological polar surface area (TPSA) is 29.3 Å². The zero-order valence-corrected chi connectivity index (χ0v) is 12.1. The second-order valence-electron chi connectivity index (χ2n) is 6.41. The summed E-state index contributed by atoms with van der Waals surface area (Å²) in [6.45, 7) is 5.61. The van der Waals surface area contributed by atoms with E-state index < -0.39 is 0 Å². The molecule has 0 radical (unpaired) electrons. The van der Waals surface area contributed by atoms with Crippen molar-refractivity contribution in [3.63, 3.8) is 0 Å². The summed E-state index contributed by atoms with van der Waals surface area (Å²) >= 11 is 0. The molecular formula is C17H26N2. The molecule has 0 spiro atoms. The van der Waals surface area contributed by atoms with E-state index in [0.29, 0.717) is 0 Å². The Kier molecular flexibility index (Phi) is 3.64. The molecule has 1 aliphatic carbocycles. The van der Waals surface area contributed by atoms with Crippen LogP contribution in [0.4, 0.5) is 0 Å². The van der Waals surface area contributed by atoms with Gasteiger partial charge in [0.05, 0.1) is 0 Å². The third kappa shape index (κ3) is 2.32. The van der Waals surface area contributed by atoms with Gasteiger partial charge in [0.1, 0.15) is 0 Å². The number of nitrogens with two attached hydrogens (primary N) is 1. The molecule has 1 saturated heterocycles. The monoisotopic (exact) mass is 258 g/mol. The molecule has 0 bridgehead atoms. The zero-order chi connectivity index (χ0) is 13.3. The number of fused-ring (bicyclic) bond motifs is 1. The van der Waals surface area contributed by atoms with Crippen molar-refractivity contribution in [1.29, 1.82) is 0 Å². The van der Waals surface area contributed by atoms with Gasteiger partial charge in [0.2, 0.25) is 0 Å². The lowest BCUT2D eigenvalue weighted by Gasteiger charge is -2.45. The predicted molar refractivity (Wildman–Crippen MR) is 80.2 cm³/mol. The van der Waals surface area contributed by atoms with E-state index in [1.165, 1.54) is 43.5 Å². The van der Waals surface area contributed by atoms with Crippen LogP contribution in [0.15, 0.2) is 24.3 Å². The van der Waals surface area contributed by atoms with Crippen LogP contribution in [0.5, 0.6) is 0 Å². The van der Waals surface area contributed by atoms with Crippen LogP contribution in [0.3, 0.4) is 0 Å². The van der Waals surface area contributed by atoms with Crippen LogP contribution in [0, 0.1) is 5.92 Å². The summed E-state index contributed by atoms with van der Waals surface area (Å²) in [5, 5.41) is 0. The van der Waals surface area contributed by atoms with Gasteiger partial charge in [-0.25, -0.2) is 0 Å². The maximum atomic E-state index is 6.22. The van der Waals surface area contributed by atoms with E-state index in [-0.39, 0.29) is 5.54 Å². The van der Waals surface area contributed by atoms with Crippen LogP contribution in [-0.4, -0.2) is 30.1 Å². The first-order valence-corrected chi connectivity index (χ1v) is 7.79. The number of rotatable bonds is 3. The molecule has 1 aliphatic heterocycles. The van der Waals surface area contributed by atoms with Gasteiger partial charge >= 0.3 is 0 Å². The Bertz CT molecular complexity index is 416. The molecule has 1 aromatic carbocycles. The van der Waals surface area contributed by atoms with Gasteiger partial charge in [0, 0.05) is 18.6 Å². The van der Waals surface area contributed by atoms with E-state index in [1.807, 2.05) is 0 Å². The van der Waals surface area contributed by atoms with Crippen molar-refractivity contribution in [2.24, 2.45) is 11.7 Å². The van der Waals surface area contributed by atoms with Crippen molar-refractivity contribution in [3.05, 3.63) is 35.4 Å². The highest BCUT2D eigenvalue weighted by Crippen LogP contribution is 2.36. The third-order valence-corrected chi connectivity index (χ3v) is 5.30. The van der Waals surface area contributed by atoms with Gasteiger partial charge in [-0.05, 0) is 49.3 Å². The second kappa shape index (κ2) is 5.26. The van der Waals surface area contributed by atoms with Crippen molar-refractivity contribution >= 4 is 0 Å². The molecule has 2 aliphatic rings. The Labute approximate surface area is 117 Å². The SMILES string of the molecule is CCC1CCCN(C2(CN)Cc3ccccc3C2)C1. The fourth-order valence-electron chi connectivity index (χ4n) is 4.00. The normalized spacial score (nSPS) is 26.3. The first kappa shape index (κ1) is 13.1. The Hall–Kier alpha value is -0.860. The first-order chi connectivity index (χ1) is 9.27.